The first-order chi connectivity index (χ1) is 11.1. The van der Waals surface area contributed by atoms with Crippen LogP contribution in [0.1, 0.15) is 25.3 Å². The van der Waals surface area contributed by atoms with Gasteiger partial charge in [-0.05, 0) is 37.5 Å². The maximum atomic E-state index is 12.5. The lowest BCUT2D eigenvalue weighted by Crippen LogP contribution is -2.38. The molecule has 3 rings (SSSR count). The molecule has 0 saturated carbocycles. The molecule has 2 amide bonds. The van der Waals surface area contributed by atoms with Gasteiger partial charge in [0.15, 0.2) is 5.76 Å². The van der Waals surface area contributed by atoms with E-state index in [1.54, 1.807) is 24.3 Å². The molecule has 6 heteroatoms. The fourth-order valence-electron chi connectivity index (χ4n) is 2.87. The zero-order valence-electron chi connectivity index (χ0n) is 12.9. The van der Waals surface area contributed by atoms with E-state index in [1.165, 1.54) is 0 Å². The van der Waals surface area contributed by atoms with Crippen LogP contribution in [0.4, 0.5) is 0 Å². The molecule has 0 radical (unpaired) electrons. The molecule has 2 aliphatic rings. The van der Waals surface area contributed by atoms with Gasteiger partial charge in [-0.3, -0.25) is 14.5 Å². The molecule has 0 spiro atoms. The van der Waals surface area contributed by atoms with Gasteiger partial charge in [-0.15, -0.1) is 0 Å². The third-order valence-corrected chi connectivity index (χ3v) is 4.01. The van der Waals surface area contributed by atoms with Crippen molar-refractivity contribution in [1.29, 1.82) is 0 Å². The van der Waals surface area contributed by atoms with Gasteiger partial charge in [0.25, 0.3) is 11.8 Å². The van der Waals surface area contributed by atoms with E-state index in [4.69, 9.17) is 9.47 Å². The largest absolute Gasteiger partial charge is 0.502 e. The highest BCUT2D eigenvalue weighted by Gasteiger charge is 2.40. The number of aliphatic hydroxyl groups excluding tert-OH is 1. The number of hydrogen-bond acceptors (Lipinski definition) is 5. The van der Waals surface area contributed by atoms with Crippen LogP contribution in [0.15, 0.2) is 30.0 Å². The fourth-order valence-corrected chi connectivity index (χ4v) is 2.87. The van der Waals surface area contributed by atoms with E-state index in [1.807, 2.05) is 6.92 Å². The lowest BCUT2D eigenvalue weighted by atomic mass is 10.1. The number of nitrogens with zero attached hydrogens (tertiary/aromatic N) is 1. The van der Waals surface area contributed by atoms with Crippen LogP contribution >= 0.6 is 0 Å². The smallest absolute Gasteiger partial charge is 0.296 e. The second-order valence-electron chi connectivity index (χ2n) is 5.54. The minimum atomic E-state index is -0.658. The Hall–Kier alpha value is -2.34. The lowest BCUT2D eigenvalue weighted by molar-refractivity contribution is -0.139. The van der Waals surface area contributed by atoms with E-state index in [2.05, 4.69) is 0 Å². The maximum absolute atomic E-state index is 12.5. The van der Waals surface area contributed by atoms with Gasteiger partial charge in [-0.25, -0.2) is 0 Å². The number of rotatable bonds is 5. The van der Waals surface area contributed by atoms with Crippen molar-refractivity contribution in [3.63, 3.8) is 0 Å². The molecule has 6 nitrogen and oxygen atoms in total. The van der Waals surface area contributed by atoms with E-state index in [0.717, 1.165) is 17.7 Å². The Morgan fingerprint density at radius 2 is 2.00 bits per heavy atom. The van der Waals surface area contributed by atoms with Gasteiger partial charge in [0.05, 0.1) is 24.8 Å². The van der Waals surface area contributed by atoms with E-state index in [-0.39, 0.29) is 18.2 Å². The monoisotopic (exact) mass is 317 g/mol. The van der Waals surface area contributed by atoms with Gasteiger partial charge >= 0.3 is 0 Å². The topological polar surface area (TPSA) is 76.1 Å². The van der Waals surface area contributed by atoms with Crippen molar-refractivity contribution in [2.45, 2.75) is 25.9 Å². The summed E-state index contributed by atoms with van der Waals surface area (Å²) in [6.07, 6.45) is 1.60. The predicted molar refractivity (Wildman–Crippen MR) is 82.9 cm³/mol. The van der Waals surface area contributed by atoms with Crippen LogP contribution in [0, 0.1) is 0 Å². The van der Waals surface area contributed by atoms with Gasteiger partial charge < -0.3 is 14.6 Å². The van der Waals surface area contributed by atoms with Crippen LogP contribution in [-0.2, 0) is 14.3 Å². The molecular weight excluding hydrogens is 298 g/mol. The quantitative estimate of drug-likeness (QED) is 0.840. The van der Waals surface area contributed by atoms with Crippen LogP contribution in [0.5, 0.6) is 5.75 Å². The van der Waals surface area contributed by atoms with Crippen LogP contribution < -0.4 is 4.74 Å². The molecule has 1 fully saturated rings. The Bertz CT molecular complexity index is 643. The summed E-state index contributed by atoms with van der Waals surface area (Å²) < 4.78 is 10.8. The fraction of sp³-hybridized carbons (Fsp3) is 0.412. The number of imide groups is 1. The van der Waals surface area contributed by atoms with Gasteiger partial charge in [-0.2, -0.15) is 0 Å². The van der Waals surface area contributed by atoms with Gasteiger partial charge in [0, 0.05) is 6.61 Å². The highest BCUT2D eigenvalue weighted by molar-refractivity contribution is 6.34. The van der Waals surface area contributed by atoms with Crippen molar-refractivity contribution in [2.75, 3.05) is 19.8 Å². The summed E-state index contributed by atoms with van der Waals surface area (Å²) in [5.74, 6) is -0.969. The highest BCUT2D eigenvalue weighted by atomic mass is 16.5. The number of amides is 2. The molecule has 1 aromatic carbocycles. The second kappa shape index (κ2) is 6.42. The first-order valence-electron chi connectivity index (χ1n) is 7.76. The molecule has 2 heterocycles. The summed E-state index contributed by atoms with van der Waals surface area (Å²) in [5.41, 5.74) is 0.537. The van der Waals surface area contributed by atoms with Crippen molar-refractivity contribution < 1.29 is 24.2 Å². The van der Waals surface area contributed by atoms with Crippen LogP contribution in [0.25, 0.3) is 5.57 Å². The summed E-state index contributed by atoms with van der Waals surface area (Å²) in [6.45, 7) is 3.25. The number of ether oxygens (including phenoxy) is 2. The molecule has 1 N–H and O–H groups in total. The van der Waals surface area contributed by atoms with E-state index >= 15 is 0 Å². The van der Waals surface area contributed by atoms with E-state index < -0.39 is 17.6 Å². The SMILES string of the molecule is CCOc1ccc(C2=C(O)C(=O)N(CC3CCCO3)C2=O)cc1. The van der Waals surface area contributed by atoms with Crippen molar-refractivity contribution in [3.8, 4) is 5.75 Å². The lowest BCUT2D eigenvalue weighted by Gasteiger charge is -2.18. The Labute approximate surface area is 134 Å². The second-order valence-corrected chi connectivity index (χ2v) is 5.54. The van der Waals surface area contributed by atoms with Gasteiger partial charge in [0.2, 0.25) is 0 Å². The average Bonchev–Trinajstić information content (AvgIpc) is 3.13. The van der Waals surface area contributed by atoms with E-state index in [0.29, 0.717) is 24.5 Å². The molecule has 1 aromatic rings. The molecule has 0 aromatic heterocycles. The summed E-state index contributed by atoms with van der Waals surface area (Å²) in [6, 6.07) is 6.74. The minimum absolute atomic E-state index is 0.0380. The molecule has 2 aliphatic heterocycles. The summed E-state index contributed by atoms with van der Waals surface area (Å²) in [4.78, 5) is 25.8. The molecule has 23 heavy (non-hydrogen) atoms. The average molecular weight is 317 g/mol. The van der Waals surface area contributed by atoms with Crippen LogP contribution in [-0.4, -0.2) is 47.7 Å². The third-order valence-electron chi connectivity index (χ3n) is 4.01. The summed E-state index contributed by atoms with van der Waals surface area (Å²) >= 11 is 0. The first kappa shape index (κ1) is 15.6. The zero-order valence-corrected chi connectivity index (χ0v) is 12.9. The van der Waals surface area contributed by atoms with Gasteiger partial charge in [-0.1, -0.05) is 12.1 Å². The van der Waals surface area contributed by atoms with Crippen LogP contribution in [0.3, 0.4) is 0 Å². The minimum Gasteiger partial charge on any atom is -0.502 e. The first-order valence-corrected chi connectivity index (χ1v) is 7.76. The van der Waals surface area contributed by atoms with Crippen molar-refractivity contribution in [1.82, 2.24) is 4.90 Å². The van der Waals surface area contributed by atoms with Crippen molar-refractivity contribution in [3.05, 3.63) is 35.6 Å². The normalized spacial score (nSPS) is 21.4. The molecule has 1 saturated heterocycles. The summed E-state index contributed by atoms with van der Waals surface area (Å²) in [5, 5.41) is 10.1. The number of aliphatic hydroxyl groups is 1. The zero-order chi connectivity index (χ0) is 16.4. The maximum Gasteiger partial charge on any atom is 0.296 e. The Kier molecular flexibility index (Phi) is 4.34. The molecule has 0 aliphatic carbocycles. The Morgan fingerprint density at radius 1 is 1.26 bits per heavy atom. The third kappa shape index (κ3) is 2.94. The van der Waals surface area contributed by atoms with Crippen LogP contribution in [0.2, 0.25) is 0 Å². The Morgan fingerprint density at radius 3 is 2.61 bits per heavy atom. The van der Waals surface area contributed by atoms with Crippen molar-refractivity contribution >= 4 is 17.4 Å². The number of carbonyl (C=O) groups is 2. The van der Waals surface area contributed by atoms with Crippen molar-refractivity contribution in [2.24, 2.45) is 0 Å². The molecule has 1 unspecified atom stereocenters. The molecule has 122 valence electrons. The number of benzene rings is 1. The summed E-state index contributed by atoms with van der Waals surface area (Å²) in [7, 11) is 0. The highest BCUT2D eigenvalue weighted by Crippen LogP contribution is 2.30. The Balaban J connectivity index is 1.80. The number of carbonyl (C=O) groups excluding carboxylic acids is 2. The number of hydrogen-bond donors (Lipinski definition) is 1. The van der Waals surface area contributed by atoms with E-state index in [9.17, 15) is 14.7 Å². The molecular formula is C17H19NO5. The predicted octanol–water partition coefficient (Wildman–Crippen LogP) is 1.90. The molecule has 0 bridgehead atoms. The molecule has 1 atom stereocenters. The standard InChI is InChI=1S/C17H19NO5/c1-2-22-12-7-5-11(6-8-12)14-15(19)17(21)18(16(14)20)10-13-4-3-9-23-13/h5-8,13,19H,2-4,9-10H2,1H3. The van der Waals surface area contributed by atoms with Gasteiger partial charge in [0.1, 0.15) is 5.75 Å².